The first-order chi connectivity index (χ1) is 8.74. The third kappa shape index (κ3) is 5.48. The van der Waals surface area contributed by atoms with Gasteiger partial charge in [-0.3, -0.25) is 4.72 Å². The molecule has 0 aliphatic rings. The Hall–Kier alpha value is -1.28. The quantitative estimate of drug-likeness (QED) is 0.790. The number of halogens is 3. The monoisotopic (exact) mass is 296 g/mol. The van der Waals surface area contributed by atoms with Crippen molar-refractivity contribution in [1.82, 2.24) is 0 Å². The zero-order chi connectivity index (χ0) is 14.5. The Balaban J connectivity index is 2.77. The molecule has 1 aromatic carbocycles. The van der Waals surface area contributed by atoms with Crippen LogP contribution in [0.25, 0.3) is 0 Å². The molecule has 0 aliphatic carbocycles. The molecule has 0 saturated carbocycles. The van der Waals surface area contributed by atoms with E-state index in [9.17, 15) is 21.6 Å². The Labute approximate surface area is 109 Å². The smallest absolute Gasteiger partial charge is 0.330 e. The lowest BCUT2D eigenvalue weighted by Gasteiger charge is -2.11. The highest BCUT2D eigenvalue weighted by molar-refractivity contribution is 7.92. The minimum absolute atomic E-state index is 0.0948. The Morgan fingerprint density at radius 3 is 2.47 bits per heavy atom. The molecule has 0 radical (unpaired) electrons. The summed E-state index contributed by atoms with van der Waals surface area (Å²) >= 11 is 0. The van der Waals surface area contributed by atoms with E-state index in [-0.39, 0.29) is 11.4 Å². The molecule has 1 rings (SSSR count). The van der Waals surface area contributed by atoms with Crippen molar-refractivity contribution in [3.63, 3.8) is 0 Å². The first-order valence-corrected chi connectivity index (χ1v) is 7.27. The molecule has 3 N–H and O–H groups in total. The third-order valence-electron chi connectivity index (χ3n) is 2.33. The van der Waals surface area contributed by atoms with Crippen LogP contribution in [-0.4, -0.2) is 20.7 Å². The lowest BCUT2D eigenvalue weighted by molar-refractivity contribution is -0.137. The second-order valence-electron chi connectivity index (χ2n) is 4.00. The summed E-state index contributed by atoms with van der Waals surface area (Å²) in [7, 11) is -3.64. The number of nitrogens with one attached hydrogen (secondary N) is 1. The van der Waals surface area contributed by atoms with Gasteiger partial charge in [-0.25, -0.2) is 8.42 Å². The molecule has 0 bridgehead atoms. The van der Waals surface area contributed by atoms with Crippen molar-refractivity contribution < 1.29 is 21.6 Å². The van der Waals surface area contributed by atoms with Crippen molar-refractivity contribution in [2.24, 2.45) is 5.73 Å². The first kappa shape index (κ1) is 15.8. The van der Waals surface area contributed by atoms with Crippen molar-refractivity contribution in [3.05, 3.63) is 29.8 Å². The summed E-state index contributed by atoms with van der Waals surface area (Å²) in [4.78, 5) is 0. The number of unbranched alkanes of at least 4 members (excludes halogenated alkanes) is 1. The van der Waals surface area contributed by atoms with Gasteiger partial charge in [0.25, 0.3) is 0 Å². The summed E-state index contributed by atoms with van der Waals surface area (Å²) in [6.45, 7) is 0.374. The topological polar surface area (TPSA) is 72.2 Å². The van der Waals surface area contributed by atoms with E-state index in [1.54, 1.807) is 0 Å². The molecule has 0 saturated heterocycles. The van der Waals surface area contributed by atoms with Gasteiger partial charge in [-0.1, -0.05) is 6.07 Å². The highest BCUT2D eigenvalue weighted by Gasteiger charge is 2.30. The number of alkyl halides is 3. The van der Waals surface area contributed by atoms with E-state index in [1.165, 1.54) is 6.07 Å². The van der Waals surface area contributed by atoms with Gasteiger partial charge < -0.3 is 5.73 Å². The van der Waals surface area contributed by atoms with E-state index in [1.807, 2.05) is 0 Å². The fourth-order valence-electron chi connectivity index (χ4n) is 1.43. The number of hydrogen-bond acceptors (Lipinski definition) is 3. The van der Waals surface area contributed by atoms with Crippen LogP contribution in [0, 0.1) is 0 Å². The normalized spacial score (nSPS) is 12.4. The molecule has 19 heavy (non-hydrogen) atoms. The third-order valence-corrected chi connectivity index (χ3v) is 3.70. The van der Waals surface area contributed by atoms with Crippen LogP contribution in [0.4, 0.5) is 18.9 Å². The first-order valence-electron chi connectivity index (χ1n) is 5.62. The molecule has 0 unspecified atom stereocenters. The second kappa shape index (κ2) is 6.25. The molecule has 0 atom stereocenters. The zero-order valence-corrected chi connectivity index (χ0v) is 10.9. The van der Waals surface area contributed by atoms with Crippen LogP contribution >= 0.6 is 0 Å². The van der Waals surface area contributed by atoms with Crippen LogP contribution in [0.1, 0.15) is 18.4 Å². The number of benzene rings is 1. The number of rotatable bonds is 6. The summed E-state index contributed by atoms with van der Waals surface area (Å²) in [5.41, 5.74) is 4.25. The number of sulfonamides is 1. The predicted octanol–water partition coefficient (Wildman–Crippen LogP) is 2.19. The largest absolute Gasteiger partial charge is 0.416 e. The summed E-state index contributed by atoms with van der Waals surface area (Å²) < 4.78 is 62.7. The molecule has 0 heterocycles. The van der Waals surface area contributed by atoms with Gasteiger partial charge in [0, 0.05) is 5.69 Å². The van der Waals surface area contributed by atoms with Crippen LogP contribution in [0.15, 0.2) is 24.3 Å². The minimum Gasteiger partial charge on any atom is -0.330 e. The lowest BCUT2D eigenvalue weighted by atomic mass is 10.2. The van der Waals surface area contributed by atoms with Gasteiger partial charge in [0.15, 0.2) is 0 Å². The van der Waals surface area contributed by atoms with Crippen LogP contribution in [0.5, 0.6) is 0 Å². The lowest BCUT2D eigenvalue weighted by Crippen LogP contribution is -2.18. The summed E-state index contributed by atoms with van der Waals surface area (Å²) in [5, 5.41) is 0. The Kier molecular flexibility index (Phi) is 5.19. The van der Waals surface area contributed by atoms with Gasteiger partial charge in [0.1, 0.15) is 0 Å². The predicted molar refractivity (Wildman–Crippen MR) is 67.1 cm³/mol. The Morgan fingerprint density at radius 2 is 1.89 bits per heavy atom. The van der Waals surface area contributed by atoms with Gasteiger partial charge in [0.2, 0.25) is 10.0 Å². The molecule has 0 aliphatic heterocycles. The van der Waals surface area contributed by atoms with Gasteiger partial charge in [0.05, 0.1) is 11.3 Å². The summed E-state index contributed by atoms with van der Waals surface area (Å²) in [6, 6.07) is 4.07. The Morgan fingerprint density at radius 1 is 1.21 bits per heavy atom. The van der Waals surface area contributed by atoms with Crippen molar-refractivity contribution in [3.8, 4) is 0 Å². The van der Waals surface area contributed by atoms with Crippen molar-refractivity contribution in [1.29, 1.82) is 0 Å². The molecule has 4 nitrogen and oxygen atoms in total. The van der Waals surface area contributed by atoms with Gasteiger partial charge in [-0.2, -0.15) is 13.2 Å². The van der Waals surface area contributed by atoms with Crippen molar-refractivity contribution >= 4 is 15.7 Å². The fraction of sp³-hybridized carbons (Fsp3) is 0.455. The fourth-order valence-corrected chi connectivity index (χ4v) is 2.60. The van der Waals surface area contributed by atoms with Gasteiger partial charge >= 0.3 is 6.18 Å². The van der Waals surface area contributed by atoms with Crippen LogP contribution < -0.4 is 10.5 Å². The molecule has 1 aromatic rings. The summed E-state index contributed by atoms with van der Waals surface area (Å²) in [5.74, 6) is -0.166. The second-order valence-corrected chi connectivity index (χ2v) is 5.84. The zero-order valence-electron chi connectivity index (χ0n) is 10.1. The molecular formula is C11H15F3N2O2S. The number of hydrogen-bond donors (Lipinski definition) is 2. The van der Waals surface area contributed by atoms with Crippen LogP contribution in [-0.2, 0) is 16.2 Å². The Bertz CT molecular complexity index is 515. The SMILES string of the molecule is NCCCCS(=O)(=O)Nc1cccc(C(F)(F)F)c1. The van der Waals surface area contributed by atoms with Gasteiger partial charge in [-0.15, -0.1) is 0 Å². The van der Waals surface area contributed by atoms with Crippen LogP contribution in [0.2, 0.25) is 0 Å². The maximum Gasteiger partial charge on any atom is 0.416 e. The van der Waals surface area contributed by atoms with Crippen LogP contribution in [0.3, 0.4) is 0 Å². The molecule has 108 valence electrons. The summed E-state index contributed by atoms with van der Waals surface area (Å²) in [6.07, 6.45) is -3.59. The van der Waals surface area contributed by atoms with Gasteiger partial charge in [-0.05, 0) is 37.6 Å². The van der Waals surface area contributed by atoms with E-state index in [2.05, 4.69) is 4.72 Å². The highest BCUT2D eigenvalue weighted by atomic mass is 32.2. The molecule has 0 amide bonds. The molecule has 0 spiro atoms. The minimum atomic E-state index is -4.50. The van der Waals surface area contributed by atoms with Crippen molar-refractivity contribution in [2.75, 3.05) is 17.0 Å². The molecule has 0 fully saturated rings. The molecular weight excluding hydrogens is 281 g/mol. The van der Waals surface area contributed by atoms with Crippen molar-refractivity contribution in [2.45, 2.75) is 19.0 Å². The van der Waals surface area contributed by atoms with E-state index >= 15 is 0 Å². The van der Waals surface area contributed by atoms with E-state index in [4.69, 9.17) is 5.73 Å². The standard InChI is InChI=1S/C11H15F3N2O2S/c12-11(13,14)9-4-3-5-10(8-9)16-19(17,18)7-2-1-6-15/h3-5,8,16H,1-2,6-7,15H2. The maximum absolute atomic E-state index is 12.5. The molecule has 0 aromatic heterocycles. The maximum atomic E-state index is 12.5. The average Bonchev–Trinajstić information content (AvgIpc) is 2.27. The van der Waals surface area contributed by atoms with E-state index < -0.39 is 21.8 Å². The molecule has 8 heteroatoms. The average molecular weight is 296 g/mol. The van der Waals surface area contributed by atoms with E-state index in [0.717, 1.165) is 18.2 Å². The highest BCUT2D eigenvalue weighted by Crippen LogP contribution is 2.30. The number of nitrogens with two attached hydrogens (primary N) is 1. The number of anilines is 1. The van der Waals surface area contributed by atoms with E-state index in [0.29, 0.717) is 19.4 Å².